The van der Waals surface area contributed by atoms with Gasteiger partial charge in [-0.15, -0.1) is 0 Å². The van der Waals surface area contributed by atoms with E-state index >= 15 is 0 Å². The fourth-order valence-electron chi connectivity index (χ4n) is 3.47. The molecule has 6 nitrogen and oxygen atoms in total. The van der Waals surface area contributed by atoms with Crippen LogP contribution in [0.2, 0.25) is 0 Å². The van der Waals surface area contributed by atoms with E-state index in [1.165, 1.54) is 4.31 Å². The molecular formula is C20H27N3O3S. The Bertz CT molecular complexity index is 807. The minimum Gasteiger partial charge on any atom is -0.273 e. The molecule has 1 aromatic rings. The van der Waals surface area contributed by atoms with E-state index in [1.807, 2.05) is 13.1 Å². The summed E-state index contributed by atoms with van der Waals surface area (Å²) in [5, 5.41) is 4.10. The zero-order valence-electron chi connectivity index (χ0n) is 15.7. The Hall–Kier alpha value is -1.99. The zero-order chi connectivity index (χ0) is 19.3. The standard InChI is InChI=1S/C20H27N3O3S/c1-16-7-9-19(10-8-16)27(25,26)23-13-11-18(12-14-23)20(24)22-21-15-17-5-3-2-4-6-17/h2-3,7-10,15,17-18H,4-6,11-14H2,1H3,(H,22,24). The molecule has 1 amide bonds. The van der Waals surface area contributed by atoms with Gasteiger partial charge < -0.3 is 0 Å². The molecule has 1 fully saturated rings. The maximum atomic E-state index is 12.7. The number of rotatable bonds is 5. The molecule has 1 aliphatic heterocycles. The quantitative estimate of drug-likeness (QED) is 0.478. The predicted molar refractivity (Wildman–Crippen MR) is 106 cm³/mol. The highest BCUT2D eigenvalue weighted by Gasteiger charge is 2.32. The molecule has 27 heavy (non-hydrogen) atoms. The molecular weight excluding hydrogens is 362 g/mol. The third-order valence-corrected chi connectivity index (χ3v) is 7.17. The fourth-order valence-corrected chi connectivity index (χ4v) is 4.94. The van der Waals surface area contributed by atoms with Crippen LogP contribution in [0.5, 0.6) is 0 Å². The molecule has 0 bridgehead atoms. The van der Waals surface area contributed by atoms with E-state index in [-0.39, 0.29) is 11.8 Å². The molecule has 0 spiro atoms. The van der Waals surface area contributed by atoms with Crippen LogP contribution in [0.15, 0.2) is 46.4 Å². The van der Waals surface area contributed by atoms with Gasteiger partial charge in [-0.2, -0.15) is 9.41 Å². The van der Waals surface area contributed by atoms with Gasteiger partial charge in [-0.25, -0.2) is 13.8 Å². The second-order valence-electron chi connectivity index (χ2n) is 7.29. The Labute approximate surface area is 161 Å². The Kier molecular flexibility index (Phi) is 6.44. The molecule has 0 radical (unpaired) electrons. The summed E-state index contributed by atoms with van der Waals surface area (Å²) in [6.45, 7) is 2.63. The summed E-state index contributed by atoms with van der Waals surface area (Å²) in [5.74, 6) is 0.0691. The minimum absolute atomic E-state index is 0.120. The van der Waals surface area contributed by atoms with Gasteiger partial charge in [0.05, 0.1) is 4.90 Å². The van der Waals surface area contributed by atoms with Crippen LogP contribution in [-0.4, -0.2) is 37.9 Å². The number of benzene rings is 1. The second kappa shape index (κ2) is 8.80. The monoisotopic (exact) mass is 389 g/mol. The van der Waals surface area contributed by atoms with Crippen molar-refractivity contribution < 1.29 is 13.2 Å². The average Bonchev–Trinajstić information content (AvgIpc) is 2.69. The lowest BCUT2D eigenvalue weighted by molar-refractivity contribution is -0.126. The van der Waals surface area contributed by atoms with E-state index < -0.39 is 10.0 Å². The fraction of sp³-hybridized carbons (Fsp3) is 0.500. The number of hydrogen-bond donors (Lipinski definition) is 1. The minimum atomic E-state index is -3.49. The number of carbonyl (C=O) groups excluding carboxylic acids is 1. The molecule has 3 rings (SSSR count). The van der Waals surface area contributed by atoms with Crippen LogP contribution in [0, 0.1) is 18.8 Å². The third-order valence-electron chi connectivity index (χ3n) is 5.25. The predicted octanol–water partition coefficient (Wildman–Crippen LogP) is 2.85. The number of hydrazone groups is 1. The number of aryl methyl sites for hydroxylation is 1. The summed E-state index contributed by atoms with van der Waals surface area (Å²) in [6.07, 6.45) is 10.2. The Morgan fingerprint density at radius 2 is 1.85 bits per heavy atom. The van der Waals surface area contributed by atoms with Crippen molar-refractivity contribution in [1.82, 2.24) is 9.73 Å². The van der Waals surface area contributed by atoms with Gasteiger partial charge in [-0.1, -0.05) is 29.8 Å². The largest absolute Gasteiger partial charge is 0.273 e. The summed E-state index contributed by atoms with van der Waals surface area (Å²) in [6, 6.07) is 6.87. The van der Waals surface area contributed by atoms with Crippen molar-refractivity contribution in [3.05, 3.63) is 42.0 Å². The average molecular weight is 390 g/mol. The van der Waals surface area contributed by atoms with Gasteiger partial charge in [-0.3, -0.25) is 4.79 Å². The molecule has 1 atom stereocenters. The number of sulfonamides is 1. The van der Waals surface area contributed by atoms with Gasteiger partial charge in [0.15, 0.2) is 0 Å². The first-order valence-corrected chi connectivity index (χ1v) is 11.0. The molecule has 0 aromatic heterocycles. The number of allylic oxidation sites excluding steroid dienone is 2. The maximum Gasteiger partial charge on any atom is 0.243 e. The number of piperidine rings is 1. The van der Waals surface area contributed by atoms with Crippen LogP contribution in [0.1, 0.15) is 37.7 Å². The highest BCUT2D eigenvalue weighted by atomic mass is 32.2. The molecule has 7 heteroatoms. The van der Waals surface area contributed by atoms with E-state index in [0.29, 0.717) is 36.7 Å². The van der Waals surface area contributed by atoms with Gasteiger partial charge in [0.2, 0.25) is 15.9 Å². The molecule has 1 N–H and O–H groups in total. The van der Waals surface area contributed by atoms with Gasteiger partial charge in [0, 0.05) is 25.2 Å². The Morgan fingerprint density at radius 3 is 2.48 bits per heavy atom. The van der Waals surface area contributed by atoms with E-state index in [9.17, 15) is 13.2 Å². The highest BCUT2D eigenvalue weighted by Crippen LogP contribution is 2.24. The summed E-state index contributed by atoms with van der Waals surface area (Å²) in [4.78, 5) is 12.6. The molecule has 1 aromatic carbocycles. The highest BCUT2D eigenvalue weighted by molar-refractivity contribution is 7.89. The molecule has 1 aliphatic carbocycles. The molecule has 2 aliphatic rings. The normalized spacial score (nSPS) is 22.2. The van der Waals surface area contributed by atoms with Crippen LogP contribution in [-0.2, 0) is 14.8 Å². The summed E-state index contributed by atoms with van der Waals surface area (Å²) >= 11 is 0. The number of nitrogens with one attached hydrogen (secondary N) is 1. The van der Waals surface area contributed by atoms with Crippen molar-refractivity contribution in [2.45, 2.75) is 43.9 Å². The Morgan fingerprint density at radius 1 is 1.15 bits per heavy atom. The summed E-state index contributed by atoms with van der Waals surface area (Å²) in [7, 11) is -3.49. The van der Waals surface area contributed by atoms with Crippen molar-refractivity contribution in [2.24, 2.45) is 16.9 Å². The molecule has 1 unspecified atom stereocenters. The number of hydrogen-bond acceptors (Lipinski definition) is 4. The van der Waals surface area contributed by atoms with Crippen LogP contribution in [0.3, 0.4) is 0 Å². The van der Waals surface area contributed by atoms with Gasteiger partial charge >= 0.3 is 0 Å². The molecule has 1 heterocycles. The smallest absolute Gasteiger partial charge is 0.243 e. The lowest BCUT2D eigenvalue weighted by atomic mass is 9.96. The summed E-state index contributed by atoms with van der Waals surface area (Å²) in [5.41, 5.74) is 3.65. The second-order valence-corrected chi connectivity index (χ2v) is 9.23. The maximum absolute atomic E-state index is 12.7. The molecule has 1 saturated heterocycles. The van der Waals surface area contributed by atoms with Gasteiger partial charge in [0.1, 0.15) is 0 Å². The van der Waals surface area contributed by atoms with Crippen LogP contribution in [0.4, 0.5) is 0 Å². The van der Waals surface area contributed by atoms with Crippen LogP contribution in [0.25, 0.3) is 0 Å². The lowest BCUT2D eigenvalue weighted by Gasteiger charge is -2.30. The first kappa shape index (κ1) is 19.8. The number of carbonyl (C=O) groups is 1. The van der Waals surface area contributed by atoms with E-state index in [1.54, 1.807) is 24.3 Å². The van der Waals surface area contributed by atoms with Crippen molar-refractivity contribution in [1.29, 1.82) is 0 Å². The van der Waals surface area contributed by atoms with Gasteiger partial charge in [0.25, 0.3) is 0 Å². The topological polar surface area (TPSA) is 78.8 Å². The third kappa shape index (κ3) is 5.05. The zero-order valence-corrected chi connectivity index (χ0v) is 16.5. The van der Waals surface area contributed by atoms with Crippen LogP contribution >= 0.6 is 0 Å². The first-order valence-electron chi connectivity index (χ1n) is 9.51. The molecule has 0 saturated carbocycles. The van der Waals surface area contributed by atoms with Crippen LogP contribution < -0.4 is 5.43 Å². The van der Waals surface area contributed by atoms with E-state index in [2.05, 4.69) is 22.7 Å². The van der Waals surface area contributed by atoms with E-state index in [4.69, 9.17) is 0 Å². The molecule has 146 valence electrons. The lowest BCUT2D eigenvalue weighted by Crippen LogP contribution is -2.42. The van der Waals surface area contributed by atoms with Crippen molar-refractivity contribution in [3.63, 3.8) is 0 Å². The summed E-state index contributed by atoms with van der Waals surface area (Å²) < 4.78 is 26.9. The Balaban J connectivity index is 1.50. The van der Waals surface area contributed by atoms with Crippen molar-refractivity contribution in [3.8, 4) is 0 Å². The van der Waals surface area contributed by atoms with Gasteiger partial charge in [-0.05, 0) is 57.1 Å². The number of amides is 1. The van der Waals surface area contributed by atoms with E-state index in [0.717, 1.165) is 24.8 Å². The van der Waals surface area contributed by atoms with Crippen molar-refractivity contribution in [2.75, 3.05) is 13.1 Å². The number of nitrogens with zero attached hydrogens (tertiary/aromatic N) is 2. The SMILES string of the molecule is Cc1ccc(S(=O)(=O)N2CCC(C(=O)NN=CC3CC=CCC3)CC2)cc1. The van der Waals surface area contributed by atoms with Crippen molar-refractivity contribution >= 4 is 22.1 Å². The first-order chi connectivity index (χ1) is 13.0.